The van der Waals surface area contributed by atoms with Crippen molar-refractivity contribution in [1.82, 2.24) is 19.7 Å². The lowest BCUT2D eigenvalue weighted by atomic mass is 10.3. The fraction of sp³-hybridized carbons (Fsp3) is 0.200. The average Bonchev–Trinajstić information content (AvgIpc) is 3.35. The minimum Gasteiger partial charge on any atom is -0.468 e. The van der Waals surface area contributed by atoms with Crippen molar-refractivity contribution in [3.05, 3.63) is 60.4 Å². The summed E-state index contributed by atoms with van der Waals surface area (Å²) in [7, 11) is 1.39. The van der Waals surface area contributed by atoms with E-state index in [0.29, 0.717) is 10.9 Å². The summed E-state index contributed by atoms with van der Waals surface area (Å²) in [6.45, 7) is 1.80. The van der Waals surface area contributed by atoms with Gasteiger partial charge in [-0.05, 0) is 31.2 Å². The molecular formula is C20H18N4O2S3. The van der Waals surface area contributed by atoms with Crippen molar-refractivity contribution in [2.75, 3.05) is 7.11 Å². The van der Waals surface area contributed by atoms with Gasteiger partial charge in [-0.15, -0.1) is 21.5 Å². The van der Waals surface area contributed by atoms with Crippen molar-refractivity contribution >= 4 is 51.0 Å². The highest BCUT2D eigenvalue weighted by Gasteiger charge is 2.21. The van der Waals surface area contributed by atoms with Gasteiger partial charge in [-0.3, -0.25) is 9.36 Å². The molecule has 2 aromatic carbocycles. The van der Waals surface area contributed by atoms with E-state index < -0.39 is 0 Å². The van der Waals surface area contributed by atoms with Crippen molar-refractivity contribution < 1.29 is 9.53 Å². The zero-order valence-electron chi connectivity index (χ0n) is 15.8. The van der Waals surface area contributed by atoms with Gasteiger partial charge in [0, 0.05) is 5.69 Å². The summed E-state index contributed by atoms with van der Waals surface area (Å²) in [6, 6.07) is 18.0. The van der Waals surface area contributed by atoms with E-state index in [1.807, 2.05) is 53.1 Å². The minimum absolute atomic E-state index is 0.289. The van der Waals surface area contributed by atoms with E-state index in [4.69, 9.17) is 4.74 Å². The number of benzene rings is 2. The first-order valence-corrected chi connectivity index (χ1v) is 11.6. The quantitative estimate of drug-likeness (QED) is 0.300. The van der Waals surface area contributed by atoms with Crippen LogP contribution in [0.15, 0.2) is 64.1 Å². The maximum absolute atomic E-state index is 11.9. The second-order valence-corrected chi connectivity index (χ2v) is 9.65. The van der Waals surface area contributed by atoms with Gasteiger partial charge in [0.15, 0.2) is 9.50 Å². The molecule has 0 saturated carbocycles. The maximum Gasteiger partial charge on any atom is 0.318 e. The number of carbonyl (C=O) groups excluding carboxylic acids is 1. The molecule has 0 aliphatic rings. The number of esters is 1. The SMILES string of the molecule is COC(=O)C(C)Sc1nnc(CSc2nc3ccccc3s2)n1-c1ccccc1. The van der Waals surface area contributed by atoms with Gasteiger partial charge in [0.1, 0.15) is 11.1 Å². The summed E-state index contributed by atoms with van der Waals surface area (Å²) in [5.41, 5.74) is 1.96. The predicted molar refractivity (Wildman–Crippen MR) is 118 cm³/mol. The lowest BCUT2D eigenvalue weighted by Gasteiger charge is -2.12. The third kappa shape index (κ3) is 4.47. The minimum atomic E-state index is -0.378. The molecule has 9 heteroatoms. The van der Waals surface area contributed by atoms with Gasteiger partial charge in [0.2, 0.25) is 0 Å². The fourth-order valence-corrected chi connectivity index (χ4v) is 5.61. The van der Waals surface area contributed by atoms with Crippen molar-refractivity contribution in [1.29, 1.82) is 0 Å². The number of rotatable bonds is 7. The summed E-state index contributed by atoms with van der Waals surface area (Å²) in [5, 5.41) is 9.02. The van der Waals surface area contributed by atoms with Gasteiger partial charge < -0.3 is 4.74 Å². The van der Waals surface area contributed by atoms with E-state index in [-0.39, 0.29) is 11.2 Å². The molecule has 0 saturated heterocycles. The van der Waals surface area contributed by atoms with Gasteiger partial charge in [0.25, 0.3) is 0 Å². The number of fused-ring (bicyclic) bond motifs is 1. The molecule has 148 valence electrons. The number of para-hydroxylation sites is 2. The van der Waals surface area contributed by atoms with Crippen LogP contribution >= 0.6 is 34.9 Å². The number of hydrogen-bond donors (Lipinski definition) is 0. The Hall–Kier alpha value is -2.36. The number of hydrogen-bond acceptors (Lipinski definition) is 8. The van der Waals surface area contributed by atoms with Crippen LogP contribution in [-0.4, -0.2) is 38.1 Å². The van der Waals surface area contributed by atoms with Crippen LogP contribution in [-0.2, 0) is 15.3 Å². The molecule has 2 aromatic heterocycles. The zero-order chi connectivity index (χ0) is 20.2. The normalized spacial score (nSPS) is 12.2. The molecule has 0 bridgehead atoms. The molecule has 4 aromatic rings. The molecular weight excluding hydrogens is 424 g/mol. The van der Waals surface area contributed by atoms with Crippen LogP contribution in [0, 0.1) is 0 Å². The Bertz CT molecular complexity index is 1090. The fourth-order valence-electron chi connectivity index (χ4n) is 2.72. The van der Waals surface area contributed by atoms with Crippen molar-refractivity contribution in [3.8, 4) is 5.69 Å². The molecule has 0 amide bonds. The summed E-state index contributed by atoms with van der Waals surface area (Å²) in [6.07, 6.45) is 0. The first kappa shape index (κ1) is 19.9. The number of nitrogens with zero attached hydrogens (tertiary/aromatic N) is 4. The third-order valence-corrected chi connectivity index (χ3v) is 7.33. The first-order valence-electron chi connectivity index (χ1n) is 8.88. The Morgan fingerprint density at radius 1 is 1.14 bits per heavy atom. The Morgan fingerprint density at radius 3 is 2.66 bits per heavy atom. The summed E-state index contributed by atoms with van der Waals surface area (Å²) in [4.78, 5) is 16.5. The van der Waals surface area contributed by atoms with E-state index in [1.54, 1.807) is 30.0 Å². The van der Waals surface area contributed by atoms with E-state index in [9.17, 15) is 4.79 Å². The van der Waals surface area contributed by atoms with E-state index in [1.165, 1.54) is 23.6 Å². The van der Waals surface area contributed by atoms with Crippen LogP contribution in [0.1, 0.15) is 12.7 Å². The van der Waals surface area contributed by atoms with E-state index in [0.717, 1.165) is 21.4 Å². The van der Waals surface area contributed by atoms with Gasteiger partial charge in [-0.2, -0.15) is 0 Å². The molecule has 1 unspecified atom stereocenters. The van der Waals surface area contributed by atoms with E-state index in [2.05, 4.69) is 21.2 Å². The number of thioether (sulfide) groups is 2. The van der Waals surface area contributed by atoms with Crippen molar-refractivity contribution in [2.24, 2.45) is 0 Å². The Morgan fingerprint density at radius 2 is 1.90 bits per heavy atom. The topological polar surface area (TPSA) is 69.9 Å². The lowest BCUT2D eigenvalue weighted by molar-refractivity contribution is -0.139. The number of carbonyl (C=O) groups is 1. The van der Waals surface area contributed by atoms with Gasteiger partial charge in [-0.1, -0.05) is 53.9 Å². The zero-order valence-corrected chi connectivity index (χ0v) is 18.3. The monoisotopic (exact) mass is 442 g/mol. The largest absolute Gasteiger partial charge is 0.468 e. The molecule has 2 heterocycles. The Balaban J connectivity index is 1.61. The molecule has 4 rings (SSSR count). The molecule has 0 fully saturated rings. The molecule has 6 nitrogen and oxygen atoms in total. The second-order valence-electron chi connectivity index (χ2n) is 6.09. The summed E-state index contributed by atoms with van der Waals surface area (Å²) >= 11 is 4.64. The highest BCUT2D eigenvalue weighted by molar-refractivity contribution is 8.00. The molecule has 0 N–H and O–H groups in total. The highest BCUT2D eigenvalue weighted by Crippen LogP contribution is 2.33. The molecule has 0 aliphatic heterocycles. The smallest absolute Gasteiger partial charge is 0.318 e. The predicted octanol–water partition coefficient (Wildman–Crippen LogP) is 4.82. The van der Waals surface area contributed by atoms with Crippen LogP contribution in [0.4, 0.5) is 0 Å². The standard InChI is InChI=1S/C20H18N4O2S3/c1-13(18(25)26-2)28-19-23-22-17(24(19)14-8-4-3-5-9-14)12-27-20-21-15-10-6-7-11-16(15)29-20/h3-11,13H,12H2,1-2H3. The maximum atomic E-state index is 11.9. The molecule has 0 aliphatic carbocycles. The molecule has 29 heavy (non-hydrogen) atoms. The number of ether oxygens (including phenoxy) is 1. The second kappa shape index (κ2) is 8.98. The molecule has 0 spiro atoms. The van der Waals surface area contributed by atoms with Crippen LogP contribution in [0.25, 0.3) is 15.9 Å². The van der Waals surface area contributed by atoms with Crippen molar-refractivity contribution in [3.63, 3.8) is 0 Å². The highest BCUT2D eigenvalue weighted by atomic mass is 32.2. The number of thiazole rings is 1. The lowest BCUT2D eigenvalue weighted by Crippen LogP contribution is -2.15. The Kier molecular flexibility index (Phi) is 6.17. The number of aromatic nitrogens is 4. The molecule has 1 atom stereocenters. The van der Waals surface area contributed by atoms with Crippen molar-refractivity contribution in [2.45, 2.75) is 27.4 Å². The van der Waals surface area contributed by atoms with Crippen LogP contribution < -0.4 is 0 Å². The average molecular weight is 443 g/mol. The van der Waals surface area contributed by atoms with Crippen LogP contribution in [0.2, 0.25) is 0 Å². The third-order valence-electron chi connectivity index (χ3n) is 4.13. The summed E-state index contributed by atoms with van der Waals surface area (Å²) < 4.78 is 8.99. The number of methoxy groups -OCH3 is 1. The summed E-state index contributed by atoms with van der Waals surface area (Å²) in [5.74, 6) is 1.14. The first-order chi connectivity index (χ1) is 14.2. The van der Waals surface area contributed by atoms with Gasteiger partial charge in [0.05, 0.1) is 23.1 Å². The van der Waals surface area contributed by atoms with Crippen LogP contribution in [0.5, 0.6) is 0 Å². The van der Waals surface area contributed by atoms with Gasteiger partial charge >= 0.3 is 5.97 Å². The van der Waals surface area contributed by atoms with E-state index >= 15 is 0 Å². The Labute approximate surface area is 180 Å². The van der Waals surface area contributed by atoms with Gasteiger partial charge in [-0.25, -0.2) is 4.98 Å². The molecule has 0 radical (unpaired) electrons. The van der Waals surface area contributed by atoms with Crippen LogP contribution in [0.3, 0.4) is 0 Å².